The quantitative estimate of drug-likeness (QED) is 0.799. The predicted octanol–water partition coefficient (Wildman–Crippen LogP) is 2.05. The lowest BCUT2D eigenvalue weighted by molar-refractivity contribution is -0.139. The van der Waals surface area contributed by atoms with E-state index in [1.54, 1.807) is 12.1 Å². The summed E-state index contributed by atoms with van der Waals surface area (Å²) >= 11 is 0. The summed E-state index contributed by atoms with van der Waals surface area (Å²) in [6.07, 6.45) is 3.04. The Morgan fingerprint density at radius 1 is 1.18 bits per heavy atom. The first kappa shape index (κ1) is 14.8. The van der Waals surface area contributed by atoms with Crippen LogP contribution in [-0.4, -0.2) is 36.5 Å². The summed E-state index contributed by atoms with van der Waals surface area (Å²) in [5.74, 6) is 0.330. The third-order valence-electron chi connectivity index (χ3n) is 4.01. The molecule has 0 unspecified atom stereocenters. The average molecular weight is 301 g/mol. The molecule has 0 atom stereocenters. The van der Waals surface area contributed by atoms with Gasteiger partial charge in [0, 0.05) is 19.8 Å². The monoisotopic (exact) mass is 301 g/mol. The van der Waals surface area contributed by atoms with Crippen LogP contribution in [0.5, 0.6) is 5.75 Å². The standard InChI is InChI=1S/C17H19NO4/c1-12-2-4-14(5-3-12)22-15-10-16(19)18(17(15)20)11-13-6-8-21-9-7-13/h2-5,10,13H,6-9,11H2,1H3. The summed E-state index contributed by atoms with van der Waals surface area (Å²) in [6, 6.07) is 7.37. The molecule has 22 heavy (non-hydrogen) atoms. The van der Waals surface area contributed by atoms with E-state index in [0.717, 1.165) is 18.4 Å². The molecule has 1 aromatic rings. The van der Waals surface area contributed by atoms with Gasteiger partial charge in [-0.3, -0.25) is 14.5 Å². The number of carbonyl (C=O) groups is 2. The first-order chi connectivity index (χ1) is 10.6. The maximum Gasteiger partial charge on any atom is 0.296 e. The van der Waals surface area contributed by atoms with Gasteiger partial charge in [-0.1, -0.05) is 17.7 Å². The van der Waals surface area contributed by atoms with Crippen LogP contribution in [-0.2, 0) is 14.3 Å². The SMILES string of the molecule is Cc1ccc(OC2=CC(=O)N(CC3CCOCC3)C2=O)cc1. The van der Waals surface area contributed by atoms with E-state index in [9.17, 15) is 9.59 Å². The molecule has 0 radical (unpaired) electrons. The van der Waals surface area contributed by atoms with Gasteiger partial charge in [0.2, 0.25) is 0 Å². The molecular weight excluding hydrogens is 282 g/mol. The molecule has 1 fully saturated rings. The van der Waals surface area contributed by atoms with E-state index in [1.165, 1.54) is 11.0 Å². The Morgan fingerprint density at radius 2 is 1.86 bits per heavy atom. The van der Waals surface area contributed by atoms with Crippen LogP contribution >= 0.6 is 0 Å². The summed E-state index contributed by atoms with van der Waals surface area (Å²) in [5.41, 5.74) is 1.11. The second-order valence-corrected chi connectivity index (χ2v) is 5.73. The van der Waals surface area contributed by atoms with Crippen molar-refractivity contribution < 1.29 is 19.1 Å². The molecular formula is C17H19NO4. The molecule has 2 heterocycles. The van der Waals surface area contributed by atoms with E-state index in [1.807, 2.05) is 19.1 Å². The van der Waals surface area contributed by atoms with E-state index in [4.69, 9.17) is 9.47 Å². The predicted molar refractivity (Wildman–Crippen MR) is 80.2 cm³/mol. The van der Waals surface area contributed by atoms with Crippen LogP contribution in [0.15, 0.2) is 36.1 Å². The number of nitrogens with zero attached hydrogens (tertiary/aromatic N) is 1. The lowest BCUT2D eigenvalue weighted by atomic mass is 10.00. The fourth-order valence-corrected chi connectivity index (χ4v) is 2.65. The van der Waals surface area contributed by atoms with Crippen molar-refractivity contribution in [2.45, 2.75) is 19.8 Å². The van der Waals surface area contributed by atoms with Crippen molar-refractivity contribution in [2.24, 2.45) is 5.92 Å². The van der Waals surface area contributed by atoms with Gasteiger partial charge in [-0.05, 0) is 37.8 Å². The largest absolute Gasteiger partial charge is 0.451 e. The fraction of sp³-hybridized carbons (Fsp3) is 0.412. The van der Waals surface area contributed by atoms with Crippen LogP contribution in [0.1, 0.15) is 18.4 Å². The van der Waals surface area contributed by atoms with Crippen LogP contribution in [0, 0.1) is 12.8 Å². The second-order valence-electron chi connectivity index (χ2n) is 5.73. The van der Waals surface area contributed by atoms with Crippen LogP contribution in [0.4, 0.5) is 0 Å². The minimum absolute atomic E-state index is 0.0981. The van der Waals surface area contributed by atoms with Crippen LogP contribution in [0.3, 0.4) is 0 Å². The number of rotatable bonds is 4. The summed E-state index contributed by atoms with van der Waals surface area (Å²) < 4.78 is 10.9. The van der Waals surface area contributed by atoms with Crippen molar-refractivity contribution in [3.63, 3.8) is 0 Å². The molecule has 5 nitrogen and oxygen atoms in total. The number of hydrogen-bond donors (Lipinski definition) is 0. The average Bonchev–Trinajstić information content (AvgIpc) is 2.78. The highest BCUT2D eigenvalue weighted by atomic mass is 16.5. The first-order valence-corrected chi connectivity index (χ1v) is 7.53. The molecule has 0 spiro atoms. The number of amides is 2. The van der Waals surface area contributed by atoms with Crippen LogP contribution in [0.2, 0.25) is 0 Å². The lowest BCUT2D eigenvalue weighted by Gasteiger charge is -2.25. The Hall–Kier alpha value is -2.14. The summed E-state index contributed by atoms with van der Waals surface area (Å²) in [7, 11) is 0. The van der Waals surface area contributed by atoms with Gasteiger partial charge in [0.1, 0.15) is 5.75 Å². The van der Waals surface area contributed by atoms with E-state index >= 15 is 0 Å². The number of aryl methyl sites for hydroxylation is 1. The second kappa shape index (κ2) is 6.32. The van der Waals surface area contributed by atoms with E-state index in [0.29, 0.717) is 31.4 Å². The zero-order valence-electron chi connectivity index (χ0n) is 12.6. The molecule has 0 saturated carbocycles. The molecule has 2 aliphatic heterocycles. The zero-order valence-corrected chi connectivity index (χ0v) is 12.6. The molecule has 0 N–H and O–H groups in total. The zero-order chi connectivity index (χ0) is 15.5. The molecule has 3 rings (SSSR count). The molecule has 2 aliphatic rings. The number of carbonyl (C=O) groups excluding carboxylic acids is 2. The van der Waals surface area contributed by atoms with E-state index in [-0.39, 0.29) is 17.6 Å². The van der Waals surface area contributed by atoms with Crippen molar-refractivity contribution in [2.75, 3.05) is 19.8 Å². The Bertz CT molecular complexity index is 600. The number of hydrogen-bond acceptors (Lipinski definition) is 4. The van der Waals surface area contributed by atoms with Gasteiger partial charge >= 0.3 is 0 Å². The van der Waals surface area contributed by atoms with Crippen molar-refractivity contribution in [3.8, 4) is 5.75 Å². The highest BCUT2D eigenvalue weighted by molar-refractivity contribution is 6.15. The van der Waals surface area contributed by atoms with Gasteiger partial charge in [-0.2, -0.15) is 0 Å². The third kappa shape index (κ3) is 3.20. The Kier molecular flexibility index (Phi) is 4.24. The molecule has 1 aromatic carbocycles. The number of imide groups is 1. The van der Waals surface area contributed by atoms with Gasteiger partial charge < -0.3 is 9.47 Å². The highest BCUT2D eigenvalue weighted by Gasteiger charge is 2.34. The van der Waals surface area contributed by atoms with Gasteiger partial charge in [0.25, 0.3) is 11.8 Å². The summed E-state index contributed by atoms with van der Waals surface area (Å²) in [4.78, 5) is 25.6. The lowest BCUT2D eigenvalue weighted by Crippen LogP contribution is -2.37. The topological polar surface area (TPSA) is 55.8 Å². The summed E-state index contributed by atoms with van der Waals surface area (Å²) in [5, 5.41) is 0. The molecule has 1 saturated heterocycles. The maximum atomic E-state index is 12.3. The molecule has 0 aliphatic carbocycles. The van der Waals surface area contributed by atoms with Crippen molar-refractivity contribution in [1.82, 2.24) is 4.90 Å². The maximum absolute atomic E-state index is 12.3. The van der Waals surface area contributed by atoms with Crippen molar-refractivity contribution in [1.29, 1.82) is 0 Å². The molecule has 2 amide bonds. The third-order valence-corrected chi connectivity index (χ3v) is 4.01. The molecule has 5 heteroatoms. The van der Waals surface area contributed by atoms with Crippen LogP contribution in [0.25, 0.3) is 0 Å². The number of ether oxygens (including phenoxy) is 2. The van der Waals surface area contributed by atoms with E-state index < -0.39 is 0 Å². The Morgan fingerprint density at radius 3 is 2.55 bits per heavy atom. The van der Waals surface area contributed by atoms with Gasteiger partial charge in [-0.15, -0.1) is 0 Å². The minimum atomic E-state index is -0.350. The van der Waals surface area contributed by atoms with Crippen molar-refractivity contribution in [3.05, 3.63) is 41.7 Å². The first-order valence-electron chi connectivity index (χ1n) is 7.53. The van der Waals surface area contributed by atoms with Crippen molar-refractivity contribution >= 4 is 11.8 Å². The number of benzene rings is 1. The smallest absolute Gasteiger partial charge is 0.296 e. The van der Waals surface area contributed by atoms with Gasteiger partial charge in [0.15, 0.2) is 5.76 Å². The molecule has 0 aromatic heterocycles. The fourth-order valence-electron chi connectivity index (χ4n) is 2.65. The van der Waals surface area contributed by atoms with E-state index in [2.05, 4.69) is 0 Å². The molecule has 0 bridgehead atoms. The van der Waals surface area contributed by atoms with Gasteiger partial charge in [0.05, 0.1) is 6.08 Å². The van der Waals surface area contributed by atoms with Crippen LogP contribution < -0.4 is 4.74 Å². The molecule has 116 valence electrons. The summed E-state index contributed by atoms with van der Waals surface area (Å²) in [6.45, 7) is 3.81. The normalized spacial score (nSPS) is 19.5. The van der Waals surface area contributed by atoms with Gasteiger partial charge in [-0.25, -0.2) is 0 Å². The highest BCUT2D eigenvalue weighted by Crippen LogP contribution is 2.23. The minimum Gasteiger partial charge on any atom is -0.451 e. The Labute approximate surface area is 129 Å². The Balaban J connectivity index is 1.64.